The third-order valence-corrected chi connectivity index (χ3v) is 0.234. The molecule has 0 aromatic rings. The number of nitrogens with zero attached hydrogens (tertiary/aromatic N) is 3. The maximum absolute atomic E-state index is 4.63. The van der Waals surface area contributed by atoms with Crippen LogP contribution in [-0.4, -0.2) is 13.4 Å². The van der Waals surface area contributed by atoms with Gasteiger partial charge in [-0.2, -0.15) is 10.2 Å². The van der Waals surface area contributed by atoms with E-state index in [1.807, 2.05) is 0 Å². The minimum absolute atomic E-state index is 1.17. The molecular weight excluding hydrogens is 80.1 g/mol. The maximum atomic E-state index is 4.63. The fourth-order valence-electron chi connectivity index (χ4n) is 0.0815. The zero-order valence-corrected chi connectivity index (χ0v) is 3.50. The van der Waals surface area contributed by atoms with E-state index in [4.69, 9.17) is 0 Å². The van der Waals surface area contributed by atoms with E-state index in [9.17, 15) is 0 Å². The van der Waals surface area contributed by atoms with Gasteiger partial charge >= 0.3 is 0 Å². The highest BCUT2D eigenvalue weighted by Gasteiger charge is 1.49. The van der Waals surface area contributed by atoms with Crippen molar-refractivity contribution in [1.29, 1.82) is 0 Å². The van der Waals surface area contributed by atoms with E-state index in [-0.39, 0.29) is 0 Å². The smallest absolute Gasteiger partial charge is 0.157 e. The van der Waals surface area contributed by atoms with Crippen LogP contribution < -0.4 is 5.84 Å². The number of nitrogens with two attached hydrogens (primary N) is 1. The first-order chi connectivity index (χ1) is 2.91. The van der Waals surface area contributed by atoms with E-state index >= 15 is 0 Å². The van der Waals surface area contributed by atoms with Gasteiger partial charge in [0.25, 0.3) is 0 Å². The lowest BCUT2D eigenvalue weighted by Crippen LogP contribution is -1.76. The van der Waals surface area contributed by atoms with Crippen LogP contribution in [0.2, 0.25) is 0 Å². The molecule has 0 rings (SSSR count). The summed E-state index contributed by atoms with van der Waals surface area (Å²) in [6, 6.07) is 0. The zero-order chi connectivity index (χ0) is 4.83. The van der Waals surface area contributed by atoms with E-state index in [0.29, 0.717) is 0 Å². The van der Waals surface area contributed by atoms with E-state index < -0.39 is 0 Å². The summed E-state index contributed by atoms with van der Waals surface area (Å²) in [5.41, 5.74) is 0. The predicted octanol–water partition coefficient (Wildman–Crippen LogP) is -0.0296. The minimum atomic E-state index is 1.17. The summed E-state index contributed by atoms with van der Waals surface area (Å²) in [6.07, 6.45) is 1.17. The van der Waals surface area contributed by atoms with Gasteiger partial charge in [-0.05, 0) is 0 Å². The Labute approximate surface area is 35.8 Å². The van der Waals surface area contributed by atoms with Gasteiger partial charge in [0.2, 0.25) is 0 Å². The molecule has 0 unspecified atom stereocenters. The molecule has 0 heterocycles. The number of rotatable bonds is 1. The van der Waals surface area contributed by atoms with Gasteiger partial charge in [-0.15, -0.1) is 5.11 Å². The Balaban J connectivity index is 3.07. The molecule has 0 aliphatic carbocycles. The van der Waals surface area contributed by atoms with Crippen LogP contribution in [0.5, 0.6) is 0 Å². The largest absolute Gasteiger partial charge is 0.322 e. The fourth-order valence-corrected chi connectivity index (χ4v) is 0.0815. The third-order valence-electron chi connectivity index (χ3n) is 0.234. The second kappa shape index (κ2) is 4.07. The first kappa shape index (κ1) is 5.07. The summed E-state index contributed by atoms with van der Waals surface area (Å²) in [7, 11) is 1.54. The molecule has 6 heavy (non-hydrogen) atoms. The highest BCUT2D eigenvalue weighted by Crippen LogP contribution is 1.56. The molecule has 0 amide bonds. The van der Waals surface area contributed by atoms with Crippen molar-refractivity contribution in [3.63, 3.8) is 0 Å². The summed E-state index contributed by atoms with van der Waals surface area (Å²) in [6.45, 7) is 0. The van der Waals surface area contributed by atoms with Crippen LogP contribution in [0, 0.1) is 0 Å². The van der Waals surface area contributed by atoms with Gasteiger partial charge in [0.15, 0.2) is 6.34 Å². The maximum Gasteiger partial charge on any atom is 0.157 e. The first-order valence-electron chi connectivity index (χ1n) is 1.42. The van der Waals surface area contributed by atoms with Crippen LogP contribution >= 0.6 is 0 Å². The van der Waals surface area contributed by atoms with Gasteiger partial charge in [-0.3, -0.25) is 0 Å². The van der Waals surface area contributed by atoms with Crippen LogP contribution in [0.4, 0.5) is 0 Å². The zero-order valence-electron chi connectivity index (χ0n) is 3.50. The number of hydrogen-bond donors (Lipinski definition) is 1. The Bertz CT molecular complexity index is 53.9. The fraction of sp³-hybridized carbons (Fsp3) is 0.500. The molecule has 0 atom stereocenters. The third kappa shape index (κ3) is 3.07. The predicted molar refractivity (Wildman–Crippen MR) is 23.5 cm³/mol. The molecular formula is C2H6N4. The number of hydrogen-bond acceptors (Lipinski definition) is 3. The molecule has 34 valence electrons. The second-order valence-corrected chi connectivity index (χ2v) is 0.580. The SMILES string of the molecule is CN=NC=NN. The first-order valence-corrected chi connectivity index (χ1v) is 1.42. The van der Waals surface area contributed by atoms with Gasteiger partial charge in [0.1, 0.15) is 0 Å². The van der Waals surface area contributed by atoms with Crippen molar-refractivity contribution in [2.45, 2.75) is 0 Å². The summed E-state index contributed by atoms with van der Waals surface area (Å²) >= 11 is 0. The van der Waals surface area contributed by atoms with Gasteiger partial charge in [0, 0.05) is 7.05 Å². The van der Waals surface area contributed by atoms with Crippen molar-refractivity contribution in [3.8, 4) is 0 Å². The Morgan fingerprint density at radius 1 is 1.67 bits per heavy atom. The van der Waals surface area contributed by atoms with Crippen molar-refractivity contribution in [1.82, 2.24) is 0 Å². The number of hydrazone groups is 1. The Hall–Kier alpha value is -0.930. The molecule has 0 saturated carbocycles. The van der Waals surface area contributed by atoms with Crippen LogP contribution in [0.15, 0.2) is 15.3 Å². The van der Waals surface area contributed by atoms with Crippen molar-refractivity contribution in [2.75, 3.05) is 7.05 Å². The molecule has 0 aromatic heterocycles. The summed E-state index contributed by atoms with van der Waals surface area (Å²) in [4.78, 5) is 0. The van der Waals surface area contributed by atoms with Crippen molar-refractivity contribution in [2.24, 2.45) is 21.2 Å². The molecule has 4 nitrogen and oxygen atoms in total. The quantitative estimate of drug-likeness (QED) is 0.157. The lowest BCUT2D eigenvalue weighted by atomic mass is 11.3. The topological polar surface area (TPSA) is 63.1 Å². The molecule has 0 spiro atoms. The van der Waals surface area contributed by atoms with Gasteiger partial charge < -0.3 is 5.84 Å². The molecule has 4 heteroatoms. The lowest BCUT2D eigenvalue weighted by Gasteiger charge is -1.64. The normalized spacial score (nSPS) is 11.5. The number of azo groups is 1. The summed E-state index contributed by atoms with van der Waals surface area (Å²) < 4.78 is 0. The molecule has 0 aliphatic rings. The van der Waals surface area contributed by atoms with Crippen molar-refractivity contribution < 1.29 is 0 Å². The average molecular weight is 86.1 g/mol. The molecule has 0 aromatic carbocycles. The average Bonchev–Trinajstić information content (AvgIpc) is 1.61. The van der Waals surface area contributed by atoms with Crippen LogP contribution in [-0.2, 0) is 0 Å². The van der Waals surface area contributed by atoms with E-state index in [1.54, 1.807) is 7.05 Å². The van der Waals surface area contributed by atoms with E-state index in [0.717, 1.165) is 0 Å². The molecule has 0 bridgehead atoms. The standard InChI is InChI=1S/C2H6N4/c1-4-6-2-5-3/h2H,3H2,1H3. The summed E-state index contributed by atoms with van der Waals surface area (Å²) in [5.74, 6) is 4.63. The molecule has 0 aliphatic heterocycles. The van der Waals surface area contributed by atoms with Crippen LogP contribution in [0.1, 0.15) is 0 Å². The van der Waals surface area contributed by atoms with Gasteiger partial charge in [0.05, 0.1) is 0 Å². The molecule has 0 saturated heterocycles. The van der Waals surface area contributed by atoms with Crippen molar-refractivity contribution >= 4 is 6.34 Å². The van der Waals surface area contributed by atoms with Gasteiger partial charge in [-0.1, -0.05) is 0 Å². The minimum Gasteiger partial charge on any atom is -0.322 e. The van der Waals surface area contributed by atoms with Crippen LogP contribution in [0.25, 0.3) is 0 Å². The highest BCUT2D eigenvalue weighted by molar-refractivity contribution is 5.53. The molecule has 0 fully saturated rings. The Morgan fingerprint density at radius 3 is 2.50 bits per heavy atom. The highest BCUT2D eigenvalue weighted by atomic mass is 15.2. The van der Waals surface area contributed by atoms with Gasteiger partial charge in [-0.25, -0.2) is 0 Å². The Morgan fingerprint density at radius 2 is 2.33 bits per heavy atom. The summed E-state index contributed by atoms with van der Waals surface area (Å²) in [5, 5.41) is 9.66. The molecule has 2 N–H and O–H groups in total. The Kier molecular flexibility index (Phi) is 3.44. The van der Waals surface area contributed by atoms with Crippen LogP contribution in [0.3, 0.4) is 0 Å². The van der Waals surface area contributed by atoms with E-state index in [1.165, 1.54) is 6.34 Å². The molecule has 0 radical (unpaired) electrons. The van der Waals surface area contributed by atoms with E-state index in [2.05, 4.69) is 21.2 Å². The van der Waals surface area contributed by atoms with Crippen molar-refractivity contribution in [3.05, 3.63) is 0 Å². The lowest BCUT2D eigenvalue weighted by molar-refractivity contribution is 1.18. The second-order valence-electron chi connectivity index (χ2n) is 0.580. The monoisotopic (exact) mass is 86.1 g/mol.